The highest BCUT2D eigenvalue weighted by Gasteiger charge is 2.39. The van der Waals surface area contributed by atoms with Gasteiger partial charge in [0.25, 0.3) is 0 Å². The summed E-state index contributed by atoms with van der Waals surface area (Å²) in [6, 6.07) is -0.320. The summed E-state index contributed by atoms with van der Waals surface area (Å²) in [5, 5.41) is 3.09. The molecule has 1 rings (SSSR count). The van der Waals surface area contributed by atoms with Crippen molar-refractivity contribution in [2.24, 2.45) is 0 Å². The lowest BCUT2D eigenvalue weighted by Gasteiger charge is -2.24. The second-order valence-electron chi connectivity index (χ2n) is 4.33. The van der Waals surface area contributed by atoms with Crippen LogP contribution >= 0.6 is 0 Å². The molecule has 1 aliphatic heterocycles. The average molecular weight is 252 g/mol. The third-order valence-corrected chi connectivity index (χ3v) is 2.96. The van der Waals surface area contributed by atoms with Gasteiger partial charge in [0.05, 0.1) is 18.6 Å². The second kappa shape index (κ2) is 5.71. The summed E-state index contributed by atoms with van der Waals surface area (Å²) in [4.78, 5) is 13.2. The smallest absolute Gasteiger partial charge is 0.325 e. The van der Waals surface area contributed by atoms with Crippen LogP contribution in [0.3, 0.4) is 0 Å². The number of amides is 1. The average Bonchev–Trinajstić information content (AvgIpc) is 2.52. The minimum Gasteiger partial charge on any atom is -0.325 e. The van der Waals surface area contributed by atoms with E-state index in [1.54, 1.807) is 0 Å². The Morgan fingerprint density at radius 3 is 2.47 bits per heavy atom. The molecule has 0 spiro atoms. The van der Waals surface area contributed by atoms with Gasteiger partial charge in [0, 0.05) is 6.54 Å². The van der Waals surface area contributed by atoms with E-state index >= 15 is 0 Å². The SMILES string of the molecule is CCCC1NC(CC)C(=O)N1CCC(F)(F)F. The van der Waals surface area contributed by atoms with Crippen LogP contribution in [0.25, 0.3) is 0 Å². The predicted molar refractivity (Wildman–Crippen MR) is 58.3 cm³/mol. The monoisotopic (exact) mass is 252 g/mol. The minimum absolute atomic E-state index is 0.199. The van der Waals surface area contributed by atoms with Crippen LogP contribution in [-0.2, 0) is 4.79 Å². The Morgan fingerprint density at radius 2 is 2.00 bits per heavy atom. The fraction of sp³-hybridized carbons (Fsp3) is 0.909. The van der Waals surface area contributed by atoms with Crippen LogP contribution in [0.2, 0.25) is 0 Å². The van der Waals surface area contributed by atoms with Crippen molar-refractivity contribution in [3.05, 3.63) is 0 Å². The van der Waals surface area contributed by atoms with Crippen LogP contribution in [-0.4, -0.2) is 35.7 Å². The Labute approximate surface area is 99.4 Å². The normalized spacial score (nSPS) is 25.7. The van der Waals surface area contributed by atoms with Gasteiger partial charge in [0.1, 0.15) is 0 Å². The fourth-order valence-electron chi connectivity index (χ4n) is 2.07. The lowest BCUT2D eigenvalue weighted by Crippen LogP contribution is -2.39. The van der Waals surface area contributed by atoms with Gasteiger partial charge in [-0.3, -0.25) is 10.1 Å². The molecule has 1 saturated heterocycles. The number of alkyl halides is 3. The molecule has 17 heavy (non-hydrogen) atoms. The summed E-state index contributed by atoms with van der Waals surface area (Å²) in [6.45, 7) is 3.57. The number of hydrogen-bond acceptors (Lipinski definition) is 2. The molecule has 1 amide bonds. The predicted octanol–water partition coefficient (Wildman–Crippen LogP) is 2.28. The molecule has 2 unspecified atom stereocenters. The number of carbonyl (C=O) groups excluding carboxylic acids is 1. The van der Waals surface area contributed by atoms with E-state index in [0.717, 1.165) is 6.42 Å². The van der Waals surface area contributed by atoms with Crippen molar-refractivity contribution in [2.75, 3.05) is 6.54 Å². The molecule has 0 aromatic rings. The number of nitrogens with zero attached hydrogens (tertiary/aromatic N) is 1. The summed E-state index contributed by atoms with van der Waals surface area (Å²) in [7, 11) is 0. The van der Waals surface area contributed by atoms with E-state index in [0.29, 0.717) is 12.8 Å². The lowest BCUT2D eigenvalue weighted by molar-refractivity contribution is -0.145. The highest BCUT2D eigenvalue weighted by molar-refractivity contribution is 5.84. The molecule has 0 aromatic carbocycles. The summed E-state index contributed by atoms with van der Waals surface area (Å²) in [5.74, 6) is -0.199. The maximum atomic E-state index is 12.2. The molecule has 6 heteroatoms. The first kappa shape index (κ1) is 14.3. The molecular formula is C11H19F3N2O. The molecule has 0 aromatic heterocycles. The van der Waals surface area contributed by atoms with Crippen LogP contribution in [0.1, 0.15) is 39.5 Å². The maximum absolute atomic E-state index is 12.2. The lowest BCUT2D eigenvalue weighted by atomic mass is 10.2. The van der Waals surface area contributed by atoms with Crippen molar-refractivity contribution in [1.82, 2.24) is 10.2 Å². The first-order valence-corrected chi connectivity index (χ1v) is 6.02. The minimum atomic E-state index is -4.21. The van der Waals surface area contributed by atoms with Crippen LogP contribution in [0.15, 0.2) is 0 Å². The van der Waals surface area contributed by atoms with Gasteiger partial charge >= 0.3 is 6.18 Å². The molecule has 2 atom stereocenters. The third kappa shape index (κ3) is 3.87. The Hall–Kier alpha value is -0.780. The zero-order valence-electron chi connectivity index (χ0n) is 10.2. The zero-order chi connectivity index (χ0) is 13.1. The van der Waals surface area contributed by atoms with Gasteiger partial charge in [-0.15, -0.1) is 0 Å². The number of rotatable bonds is 5. The van der Waals surface area contributed by atoms with Gasteiger partial charge in [0.15, 0.2) is 0 Å². The van der Waals surface area contributed by atoms with Crippen LogP contribution in [0, 0.1) is 0 Å². The summed E-state index contributed by atoms with van der Waals surface area (Å²) < 4.78 is 36.5. The quantitative estimate of drug-likeness (QED) is 0.814. The second-order valence-corrected chi connectivity index (χ2v) is 4.33. The number of nitrogens with one attached hydrogen (secondary N) is 1. The van der Waals surface area contributed by atoms with Gasteiger partial charge in [0.2, 0.25) is 5.91 Å². The summed E-state index contributed by atoms with van der Waals surface area (Å²) in [6.07, 6.45) is -3.23. The van der Waals surface area contributed by atoms with Gasteiger partial charge < -0.3 is 4.90 Å². The highest BCUT2D eigenvalue weighted by atomic mass is 19.4. The van der Waals surface area contributed by atoms with E-state index in [1.165, 1.54) is 4.90 Å². The number of carbonyl (C=O) groups is 1. The Bertz CT molecular complexity index is 268. The molecule has 0 radical (unpaired) electrons. The van der Waals surface area contributed by atoms with Crippen LogP contribution < -0.4 is 5.32 Å². The molecule has 1 aliphatic rings. The molecule has 0 bridgehead atoms. The van der Waals surface area contributed by atoms with Crippen molar-refractivity contribution in [2.45, 2.75) is 57.9 Å². The van der Waals surface area contributed by atoms with E-state index < -0.39 is 12.6 Å². The fourth-order valence-corrected chi connectivity index (χ4v) is 2.07. The molecule has 0 aliphatic carbocycles. The largest absolute Gasteiger partial charge is 0.390 e. The van der Waals surface area contributed by atoms with E-state index in [1.807, 2.05) is 13.8 Å². The molecule has 1 heterocycles. The van der Waals surface area contributed by atoms with E-state index in [2.05, 4.69) is 5.32 Å². The van der Waals surface area contributed by atoms with Crippen LogP contribution in [0.4, 0.5) is 13.2 Å². The van der Waals surface area contributed by atoms with Crippen molar-refractivity contribution in [3.8, 4) is 0 Å². The molecule has 1 N–H and O–H groups in total. The van der Waals surface area contributed by atoms with E-state index in [9.17, 15) is 18.0 Å². The van der Waals surface area contributed by atoms with Crippen LogP contribution in [0.5, 0.6) is 0 Å². The van der Waals surface area contributed by atoms with Gasteiger partial charge in [-0.1, -0.05) is 20.3 Å². The van der Waals surface area contributed by atoms with Gasteiger partial charge in [-0.05, 0) is 12.8 Å². The van der Waals surface area contributed by atoms with Gasteiger partial charge in [-0.25, -0.2) is 0 Å². The van der Waals surface area contributed by atoms with Crippen molar-refractivity contribution in [3.63, 3.8) is 0 Å². The number of halogens is 3. The van der Waals surface area contributed by atoms with E-state index in [4.69, 9.17) is 0 Å². The topological polar surface area (TPSA) is 32.3 Å². The van der Waals surface area contributed by atoms with E-state index in [-0.39, 0.29) is 24.7 Å². The summed E-state index contributed by atoms with van der Waals surface area (Å²) >= 11 is 0. The summed E-state index contributed by atoms with van der Waals surface area (Å²) in [5.41, 5.74) is 0. The maximum Gasteiger partial charge on any atom is 0.390 e. The Morgan fingerprint density at radius 1 is 1.35 bits per heavy atom. The van der Waals surface area contributed by atoms with Crippen molar-refractivity contribution < 1.29 is 18.0 Å². The molecular weight excluding hydrogens is 233 g/mol. The molecule has 3 nitrogen and oxygen atoms in total. The first-order valence-electron chi connectivity index (χ1n) is 6.02. The zero-order valence-corrected chi connectivity index (χ0v) is 10.2. The molecule has 100 valence electrons. The molecule has 0 saturated carbocycles. The van der Waals surface area contributed by atoms with Gasteiger partial charge in [-0.2, -0.15) is 13.2 Å². The Kier molecular flexibility index (Phi) is 4.80. The third-order valence-electron chi connectivity index (χ3n) is 2.96. The highest BCUT2D eigenvalue weighted by Crippen LogP contribution is 2.23. The van der Waals surface area contributed by atoms with Crippen molar-refractivity contribution in [1.29, 1.82) is 0 Å². The first-order chi connectivity index (χ1) is 7.89. The number of hydrogen-bond donors (Lipinski definition) is 1. The Balaban J connectivity index is 2.61. The van der Waals surface area contributed by atoms with Crippen molar-refractivity contribution >= 4 is 5.91 Å². The molecule has 1 fully saturated rings. The standard InChI is InChI=1S/C11H19F3N2O/c1-3-5-9-15-8(4-2)10(17)16(9)7-6-11(12,13)14/h8-9,15H,3-7H2,1-2H3.